The summed E-state index contributed by atoms with van der Waals surface area (Å²) in [7, 11) is 0. The third kappa shape index (κ3) is 5.26. The molecule has 0 aliphatic carbocycles. The lowest BCUT2D eigenvalue weighted by atomic mass is 10.1. The molecule has 1 heterocycles. The van der Waals surface area contributed by atoms with Gasteiger partial charge in [-0.25, -0.2) is 13.6 Å². The number of ether oxygens (including phenoxy) is 1. The maximum Gasteiger partial charge on any atom is 0.419 e. The van der Waals surface area contributed by atoms with Crippen LogP contribution in [0.2, 0.25) is 0 Å². The van der Waals surface area contributed by atoms with Crippen LogP contribution in [0.5, 0.6) is 0 Å². The molecular weight excluding hydrogens is 353 g/mol. The van der Waals surface area contributed by atoms with Crippen molar-refractivity contribution in [3.8, 4) is 0 Å². The summed E-state index contributed by atoms with van der Waals surface area (Å²) in [6, 6.07) is 2.33. The molecule has 0 aliphatic rings. The van der Waals surface area contributed by atoms with E-state index in [1.54, 1.807) is 6.92 Å². The van der Waals surface area contributed by atoms with Crippen LogP contribution in [0.4, 0.5) is 27.8 Å². The van der Waals surface area contributed by atoms with Crippen LogP contribution in [0.15, 0.2) is 18.2 Å². The lowest BCUT2D eigenvalue weighted by Gasteiger charge is -2.08. The van der Waals surface area contributed by atoms with Crippen LogP contribution < -0.4 is 5.73 Å². The molecular formula is C14H12F5N3O3. The molecule has 0 atom stereocenters. The van der Waals surface area contributed by atoms with Gasteiger partial charge in [0.2, 0.25) is 0 Å². The second kappa shape index (κ2) is 8.22. The SMILES string of the molecule is CCOC(=O)c1cc(N)[nH]n1.O=Cc1ccc(C(F)(F)F)c(F)c1F. The van der Waals surface area contributed by atoms with Crippen LogP contribution in [-0.2, 0) is 10.9 Å². The molecule has 2 rings (SSSR count). The van der Waals surface area contributed by atoms with Crippen molar-refractivity contribution >= 4 is 18.1 Å². The molecule has 0 spiro atoms. The molecule has 0 fully saturated rings. The van der Waals surface area contributed by atoms with Crippen molar-refractivity contribution in [2.45, 2.75) is 13.1 Å². The first kappa shape index (κ1) is 20.1. The number of nitrogens with two attached hydrogens (primary N) is 1. The minimum atomic E-state index is -4.97. The summed E-state index contributed by atoms with van der Waals surface area (Å²) in [5.74, 6) is -3.94. The molecule has 3 N–H and O–H groups in total. The van der Waals surface area contributed by atoms with Crippen LogP contribution in [0, 0.1) is 11.6 Å². The zero-order chi connectivity index (χ0) is 19.2. The van der Waals surface area contributed by atoms with E-state index in [9.17, 15) is 31.5 Å². The van der Waals surface area contributed by atoms with Crippen molar-refractivity contribution in [3.05, 3.63) is 46.7 Å². The number of anilines is 1. The quantitative estimate of drug-likeness (QED) is 0.495. The molecule has 0 aliphatic heterocycles. The third-order valence-electron chi connectivity index (χ3n) is 2.63. The Morgan fingerprint density at radius 2 is 1.96 bits per heavy atom. The fourth-order valence-corrected chi connectivity index (χ4v) is 1.52. The molecule has 25 heavy (non-hydrogen) atoms. The molecule has 11 heteroatoms. The van der Waals surface area contributed by atoms with Gasteiger partial charge in [-0.05, 0) is 19.1 Å². The number of halogens is 5. The number of aromatic amines is 1. The Hall–Kier alpha value is -2.98. The number of H-pyrrole nitrogens is 1. The van der Waals surface area contributed by atoms with Crippen LogP contribution in [0.3, 0.4) is 0 Å². The minimum Gasteiger partial charge on any atom is -0.461 e. The van der Waals surface area contributed by atoms with E-state index in [2.05, 4.69) is 14.9 Å². The molecule has 0 unspecified atom stereocenters. The Morgan fingerprint density at radius 1 is 1.32 bits per heavy atom. The van der Waals surface area contributed by atoms with Gasteiger partial charge in [0.05, 0.1) is 17.7 Å². The maximum absolute atomic E-state index is 12.7. The Bertz CT molecular complexity index is 759. The number of rotatable bonds is 3. The molecule has 1 aromatic heterocycles. The zero-order valence-electron chi connectivity index (χ0n) is 12.7. The average molecular weight is 365 g/mol. The molecule has 0 radical (unpaired) electrons. The zero-order valence-corrected chi connectivity index (χ0v) is 12.7. The Labute approximate surface area is 137 Å². The van der Waals surface area contributed by atoms with Gasteiger partial charge in [0.15, 0.2) is 23.6 Å². The highest BCUT2D eigenvalue weighted by Crippen LogP contribution is 2.32. The second-order valence-corrected chi connectivity index (χ2v) is 4.37. The van der Waals surface area contributed by atoms with Crippen LogP contribution >= 0.6 is 0 Å². The summed E-state index contributed by atoms with van der Waals surface area (Å²) in [4.78, 5) is 21.0. The van der Waals surface area contributed by atoms with E-state index >= 15 is 0 Å². The van der Waals surface area contributed by atoms with E-state index in [-0.39, 0.29) is 12.0 Å². The van der Waals surface area contributed by atoms with Gasteiger partial charge in [0.1, 0.15) is 5.82 Å². The minimum absolute atomic E-state index is 0.0570. The van der Waals surface area contributed by atoms with Gasteiger partial charge in [-0.2, -0.15) is 18.3 Å². The average Bonchev–Trinajstić information content (AvgIpc) is 2.96. The van der Waals surface area contributed by atoms with E-state index in [1.165, 1.54) is 6.07 Å². The fourth-order valence-electron chi connectivity index (χ4n) is 1.52. The summed E-state index contributed by atoms with van der Waals surface area (Å²) < 4.78 is 66.0. The predicted octanol–water partition coefficient (Wildman–Crippen LogP) is 2.96. The van der Waals surface area contributed by atoms with Crippen molar-refractivity contribution in [3.63, 3.8) is 0 Å². The maximum atomic E-state index is 12.7. The molecule has 6 nitrogen and oxygen atoms in total. The van der Waals surface area contributed by atoms with Gasteiger partial charge in [-0.15, -0.1) is 0 Å². The highest BCUT2D eigenvalue weighted by molar-refractivity contribution is 5.87. The summed E-state index contributed by atoms with van der Waals surface area (Å²) in [5.41, 5.74) is 3.04. The topological polar surface area (TPSA) is 98.1 Å². The standard InChI is InChI=1S/C8H3F5O.C6H9N3O2/c9-6-4(3-14)1-2-5(7(6)10)8(11,12)13;1-2-11-6(10)4-3-5(7)9-8-4/h1-3H;3H,2H2,1H3,(H3,7,8,9). The van der Waals surface area contributed by atoms with E-state index in [0.29, 0.717) is 24.6 Å². The van der Waals surface area contributed by atoms with Gasteiger partial charge < -0.3 is 10.5 Å². The van der Waals surface area contributed by atoms with Gasteiger partial charge in [-0.3, -0.25) is 9.89 Å². The first-order valence-electron chi connectivity index (χ1n) is 6.60. The number of hydrogen-bond donors (Lipinski definition) is 2. The third-order valence-corrected chi connectivity index (χ3v) is 2.63. The largest absolute Gasteiger partial charge is 0.461 e. The second-order valence-electron chi connectivity index (χ2n) is 4.37. The Balaban J connectivity index is 0.000000257. The predicted molar refractivity (Wildman–Crippen MR) is 75.7 cm³/mol. The number of carbonyl (C=O) groups is 2. The Morgan fingerprint density at radius 3 is 2.40 bits per heavy atom. The lowest BCUT2D eigenvalue weighted by molar-refractivity contribution is -0.140. The molecule has 0 saturated heterocycles. The summed E-state index contributed by atoms with van der Waals surface area (Å²) in [6.45, 7) is 2.07. The molecule has 0 bridgehead atoms. The number of nitrogen functional groups attached to an aromatic ring is 1. The van der Waals surface area contributed by atoms with Gasteiger partial charge >= 0.3 is 12.1 Å². The van der Waals surface area contributed by atoms with Crippen LogP contribution in [-0.4, -0.2) is 29.1 Å². The summed E-state index contributed by atoms with van der Waals surface area (Å²) >= 11 is 0. The van der Waals surface area contributed by atoms with Crippen molar-refractivity contribution in [1.29, 1.82) is 0 Å². The molecule has 1 aromatic carbocycles. The number of aldehydes is 1. The molecule has 136 valence electrons. The number of hydrogen-bond acceptors (Lipinski definition) is 5. The first-order valence-corrected chi connectivity index (χ1v) is 6.60. The lowest BCUT2D eigenvalue weighted by Crippen LogP contribution is -2.10. The highest BCUT2D eigenvalue weighted by Gasteiger charge is 2.35. The van der Waals surface area contributed by atoms with Gasteiger partial charge in [0, 0.05) is 6.07 Å². The van der Waals surface area contributed by atoms with E-state index in [1.807, 2.05) is 0 Å². The smallest absolute Gasteiger partial charge is 0.419 e. The summed E-state index contributed by atoms with van der Waals surface area (Å²) in [6.07, 6.45) is -5.02. The van der Waals surface area contributed by atoms with Crippen LogP contribution in [0.1, 0.15) is 33.3 Å². The number of carbonyl (C=O) groups excluding carboxylic acids is 2. The molecule has 0 amide bonds. The van der Waals surface area contributed by atoms with Gasteiger partial charge in [-0.1, -0.05) is 0 Å². The molecule has 0 saturated carbocycles. The van der Waals surface area contributed by atoms with E-state index in [4.69, 9.17) is 5.73 Å². The molecule has 2 aromatic rings. The van der Waals surface area contributed by atoms with E-state index < -0.39 is 34.9 Å². The van der Waals surface area contributed by atoms with Gasteiger partial charge in [0.25, 0.3) is 0 Å². The van der Waals surface area contributed by atoms with Crippen LogP contribution in [0.25, 0.3) is 0 Å². The number of benzene rings is 1. The highest BCUT2D eigenvalue weighted by atomic mass is 19.4. The fraction of sp³-hybridized carbons (Fsp3) is 0.214. The monoisotopic (exact) mass is 365 g/mol. The number of aromatic nitrogens is 2. The number of esters is 1. The Kier molecular flexibility index (Phi) is 6.60. The van der Waals surface area contributed by atoms with Crippen molar-refractivity contribution < 1.29 is 36.3 Å². The number of nitrogens with zero attached hydrogens (tertiary/aromatic N) is 1. The number of alkyl halides is 3. The van der Waals surface area contributed by atoms with Crippen molar-refractivity contribution in [2.75, 3.05) is 12.3 Å². The van der Waals surface area contributed by atoms with Crippen molar-refractivity contribution in [2.24, 2.45) is 0 Å². The first-order chi connectivity index (χ1) is 11.6. The summed E-state index contributed by atoms with van der Waals surface area (Å²) in [5, 5.41) is 6.04. The van der Waals surface area contributed by atoms with E-state index in [0.717, 1.165) is 0 Å². The normalized spacial score (nSPS) is 10.6. The van der Waals surface area contributed by atoms with Crippen molar-refractivity contribution in [1.82, 2.24) is 10.2 Å². The number of nitrogens with one attached hydrogen (secondary N) is 1.